The molecule has 0 aliphatic rings. The number of hydrogen-bond acceptors (Lipinski definition) is 4. The van der Waals surface area contributed by atoms with Gasteiger partial charge >= 0.3 is 0 Å². The predicted octanol–water partition coefficient (Wildman–Crippen LogP) is -0.679. The highest BCUT2D eigenvalue weighted by Crippen LogP contribution is 2.18. The maximum atomic E-state index is 11.7. The molecule has 1 rings (SSSR count). The van der Waals surface area contributed by atoms with Gasteiger partial charge in [-0.25, -0.2) is 13.6 Å². The molecule has 0 unspecified atom stereocenters. The van der Waals surface area contributed by atoms with Gasteiger partial charge in [-0.3, -0.25) is 9.89 Å². The molecule has 1 aromatic heterocycles. The minimum Gasteiger partial charge on any atom is -0.343 e. The molecule has 0 aliphatic carbocycles. The first-order chi connectivity index (χ1) is 7.29. The Morgan fingerprint density at radius 2 is 2.06 bits per heavy atom. The van der Waals surface area contributed by atoms with E-state index in [1.807, 2.05) is 0 Å². The first kappa shape index (κ1) is 12.7. The maximum absolute atomic E-state index is 11.7. The van der Waals surface area contributed by atoms with Crippen molar-refractivity contribution in [3.63, 3.8) is 0 Å². The number of H-pyrrole nitrogens is 1. The highest BCUT2D eigenvalue weighted by molar-refractivity contribution is 7.89. The summed E-state index contributed by atoms with van der Waals surface area (Å²) in [5.74, 6) is -0.500. The number of primary sulfonamides is 1. The Bertz CT molecular complexity index is 503. The Hall–Kier alpha value is -1.41. The Kier molecular flexibility index (Phi) is 3.34. The van der Waals surface area contributed by atoms with Crippen LogP contribution in [0.25, 0.3) is 0 Å². The second kappa shape index (κ2) is 4.22. The summed E-state index contributed by atoms with van der Waals surface area (Å²) in [7, 11) is -0.934. The summed E-state index contributed by atoms with van der Waals surface area (Å²) >= 11 is 0. The summed E-state index contributed by atoms with van der Waals surface area (Å²) in [6.45, 7) is 1.74. The van der Waals surface area contributed by atoms with Gasteiger partial charge in [0.1, 0.15) is 4.90 Å². The van der Waals surface area contributed by atoms with Crippen molar-refractivity contribution >= 4 is 15.9 Å². The number of carbonyl (C=O) groups excluding carboxylic acids is 1. The number of sulfonamides is 1. The van der Waals surface area contributed by atoms with Crippen molar-refractivity contribution in [2.45, 2.75) is 18.2 Å². The topological polar surface area (TPSA) is 109 Å². The number of amides is 1. The van der Waals surface area contributed by atoms with E-state index in [0.29, 0.717) is 12.1 Å². The van der Waals surface area contributed by atoms with Gasteiger partial charge in [-0.15, -0.1) is 0 Å². The lowest BCUT2D eigenvalue weighted by molar-refractivity contribution is 0.0818. The zero-order valence-corrected chi connectivity index (χ0v) is 10.1. The molecular formula is C8H14N4O3S. The van der Waals surface area contributed by atoms with Crippen molar-refractivity contribution in [2.75, 3.05) is 14.1 Å². The molecule has 8 heteroatoms. The monoisotopic (exact) mass is 246 g/mol. The number of rotatable bonds is 3. The van der Waals surface area contributed by atoms with Crippen LogP contribution in [0.3, 0.4) is 0 Å². The molecule has 1 amide bonds. The first-order valence-corrected chi connectivity index (χ1v) is 6.15. The van der Waals surface area contributed by atoms with Gasteiger partial charge in [0.15, 0.2) is 5.69 Å². The van der Waals surface area contributed by atoms with Crippen molar-refractivity contribution in [2.24, 2.45) is 5.14 Å². The molecule has 90 valence electrons. The zero-order chi connectivity index (χ0) is 12.5. The van der Waals surface area contributed by atoms with Crippen LogP contribution in [-0.2, 0) is 16.4 Å². The van der Waals surface area contributed by atoms with Gasteiger partial charge < -0.3 is 4.90 Å². The van der Waals surface area contributed by atoms with Gasteiger partial charge in [-0.1, -0.05) is 6.92 Å². The van der Waals surface area contributed by atoms with Gasteiger partial charge in [0.05, 0.1) is 5.69 Å². The lowest BCUT2D eigenvalue weighted by Gasteiger charge is -2.08. The van der Waals surface area contributed by atoms with Crippen molar-refractivity contribution in [3.8, 4) is 0 Å². The third-order valence-electron chi connectivity index (χ3n) is 2.04. The molecule has 0 atom stereocenters. The van der Waals surface area contributed by atoms with Crippen LogP contribution < -0.4 is 5.14 Å². The number of hydrogen-bond donors (Lipinski definition) is 2. The van der Waals surface area contributed by atoms with Gasteiger partial charge in [0.2, 0.25) is 10.0 Å². The van der Waals surface area contributed by atoms with Crippen molar-refractivity contribution in [1.82, 2.24) is 15.1 Å². The number of nitrogens with two attached hydrogens (primary N) is 1. The minimum atomic E-state index is -3.95. The van der Waals surface area contributed by atoms with Gasteiger partial charge in [0, 0.05) is 14.1 Å². The molecule has 0 radical (unpaired) electrons. The molecule has 0 saturated carbocycles. The number of aryl methyl sites for hydroxylation is 1. The maximum Gasteiger partial charge on any atom is 0.275 e. The summed E-state index contributed by atoms with van der Waals surface area (Å²) in [6.07, 6.45) is 0.402. The van der Waals surface area contributed by atoms with Crippen LogP contribution in [0.4, 0.5) is 0 Å². The fraction of sp³-hybridized carbons (Fsp3) is 0.500. The standard InChI is InChI=1S/C8H14N4O3S/c1-4-5-7(16(9,14)15)6(11-10-5)8(13)12(2)3/h4H2,1-3H3,(H,10,11)(H2,9,14,15). The highest BCUT2D eigenvalue weighted by atomic mass is 32.2. The van der Waals surface area contributed by atoms with Gasteiger partial charge in [-0.2, -0.15) is 5.10 Å². The third kappa shape index (κ3) is 2.22. The van der Waals surface area contributed by atoms with Gasteiger partial charge in [-0.05, 0) is 6.42 Å². The number of nitrogens with zero attached hydrogens (tertiary/aromatic N) is 2. The quantitative estimate of drug-likeness (QED) is 0.736. The second-order valence-electron chi connectivity index (χ2n) is 3.48. The fourth-order valence-corrected chi connectivity index (χ4v) is 2.21. The number of aromatic amines is 1. The molecule has 16 heavy (non-hydrogen) atoms. The molecule has 0 aromatic carbocycles. The fourth-order valence-electron chi connectivity index (χ4n) is 1.27. The average Bonchev–Trinajstić information content (AvgIpc) is 2.58. The Morgan fingerprint density at radius 1 is 1.50 bits per heavy atom. The van der Waals surface area contributed by atoms with Crippen molar-refractivity contribution in [1.29, 1.82) is 0 Å². The number of carbonyl (C=O) groups is 1. The molecular weight excluding hydrogens is 232 g/mol. The van der Waals surface area contributed by atoms with Crippen LogP contribution in [0, 0.1) is 0 Å². The molecule has 0 bridgehead atoms. The van der Waals surface area contributed by atoms with Crippen molar-refractivity contribution < 1.29 is 13.2 Å². The summed E-state index contributed by atoms with van der Waals surface area (Å²) in [5, 5.41) is 11.3. The van der Waals surface area contributed by atoms with Crippen LogP contribution in [-0.4, -0.2) is 43.5 Å². The molecule has 3 N–H and O–H groups in total. The van der Waals surface area contributed by atoms with E-state index in [0.717, 1.165) is 0 Å². The van der Waals surface area contributed by atoms with Crippen LogP contribution in [0.15, 0.2) is 4.90 Å². The molecule has 1 heterocycles. The summed E-state index contributed by atoms with van der Waals surface area (Å²) in [6, 6.07) is 0. The summed E-state index contributed by atoms with van der Waals surface area (Å²) in [5.41, 5.74) is 0.178. The van der Waals surface area contributed by atoms with E-state index >= 15 is 0 Å². The average molecular weight is 246 g/mol. The molecule has 0 aliphatic heterocycles. The lowest BCUT2D eigenvalue weighted by atomic mass is 10.3. The Balaban J connectivity index is 3.43. The number of aromatic nitrogens is 2. The number of nitrogens with one attached hydrogen (secondary N) is 1. The van der Waals surface area contributed by atoms with Crippen LogP contribution in [0.5, 0.6) is 0 Å². The molecule has 7 nitrogen and oxygen atoms in total. The first-order valence-electron chi connectivity index (χ1n) is 4.60. The largest absolute Gasteiger partial charge is 0.343 e. The zero-order valence-electron chi connectivity index (χ0n) is 9.31. The van der Waals surface area contributed by atoms with Crippen LogP contribution in [0.2, 0.25) is 0 Å². The third-order valence-corrected chi connectivity index (χ3v) is 3.05. The van der Waals surface area contributed by atoms with Crippen LogP contribution in [0.1, 0.15) is 23.1 Å². The van der Waals surface area contributed by atoms with E-state index in [2.05, 4.69) is 10.2 Å². The summed E-state index contributed by atoms with van der Waals surface area (Å²) < 4.78 is 22.7. The van der Waals surface area contributed by atoms with Crippen LogP contribution >= 0.6 is 0 Å². The van der Waals surface area contributed by atoms with Gasteiger partial charge in [0.25, 0.3) is 5.91 Å². The molecule has 1 aromatic rings. The SMILES string of the molecule is CCc1[nH]nc(C(=O)N(C)C)c1S(N)(=O)=O. The Labute approximate surface area is 93.7 Å². The van der Waals surface area contributed by atoms with E-state index in [9.17, 15) is 13.2 Å². The molecule has 0 saturated heterocycles. The highest BCUT2D eigenvalue weighted by Gasteiger charge is 2.27. The van der Waals surface area contributed by atoms with E-state index in [-0.39, 0.29) is 10.6 Å². The molecule has 0 spiro atoms. The minimum absolute atomic E-state index is 0.163. The van der Waals surface area contributed by atoms with E-state index in [1.165, 1.54) is 19.0 Å². The summed E-state index contributed by atoms with van der Waals surface area (Å²) in [4.78, 5) is 12.7. The normalized spacial score (nSPS) is 11.5. The van der Waals surface area contributed by atoms with E-state index in [4.69, 9.17) is 5.14 Å². The van der Waals surface area contributed by atoms with E-state index < -0.39 is 15.9 Å². The second-order valence-corrected chi connectivity index (χ2v) is 4.98. The van der Waals surface area contributed by atoms with E-state index in [1.54, 1.807) is 6.92 Å². The molecule has 0 fully saturated rings. The Morgan fingerprint density at radius 3 is 2.44 bits per heavy atom. The van der Waals surface area contributed by atoms with Crippen molar-refractivity contribution in [3.05, 3.63) is 11.4 Å². The smallest absolute Gasteiger partial charge is 0.275 e. The lowest BCUT2D eigenvalue weighted by Crippen LogP contribution is -2.25. The predicted molar refractivity (Wildman–Crippen MR) is 57.4 cm³/mol.